The van der Waals surface area contributed by atoms with Gasteiger partial charge in [0.05, 0.1) is 0 Å². The van der Waals surface area contributed by atoms with Crippen molar-refractivity contribution < 1.29 is 28.5 Å². The van der Waals surface area contributed by atoms with Crippen molar-refractivity contribution in [1.29, 1.82) is 0 Å². The maximum absolute atomic E-state index is 13.2. The largest absolute Gasteiger partial charge is 0.481 e. The highest BCUT2D eigenvalue weighted by Crippen LogP contribution is 2.44. The molecule has 0 N–H and O–H groups in total. The van der Waals surface area contributed by atoms with Crippen LogP contribution in [0.2, 0.25) is 0 Å². The molecule has 0 saturated carbocycles. The number of benzene rings is 7. The van der Waals surface area contributed by atoms with E-state index >= 15 is 0 Å². The third-order valence-corrected chi connectivity index (χ3v) is 8.58. The standard InChI is InChI=1S/C42H34O6/c1-3-27-19-21-33-35(23-27)41(45-25-39(43)47-37-17-9-13-29-11-5-7-15-31(29)37)34-22-20-28(4-2)24-36(34)42(33)46-26-40(44)48-38-18-10-14-30-12-6-8-16-32(30)38/h5-24H,3-4,25-26H2,1-2H3. The van der Waals surface area contributed by atoms with Crippen LogP contribution in [0.25, 0.3) is 43.1 Å². The molecule has 0 saturated heterocycles. The highest BCUT2D eigenvalue weighted by atomic mass is 16.6. The number of hydrogen-bond acceptors (Lipinski definition) is 6. The number of aryl methyl sites for hydroxylation is 2. The van der Waals surface area contributed by atoms with Crippen LogP contribution in [0, 0.1) is 0 Å². The van der Waals surface area contributed by atoms with Crippen molar-refractivity contribution in [2.45, 2.75) is 26.7 Å². The molecule has 0 aliphatic heterocycles. The van der Waals surface area contributed by atoms with Crippen molar-refractivity contribution in [3.63, 3.8) is 0 Å². The van der Waals surface area contributed by atoms with Gasteiger partial charge in [0.15, 0.2) is 13.2 Å². The lowest BCUT2D eigenvalue weighted by atomic mass is 9.96. The quantitative estimate of drug-likeness (QED) is 0.0848. The zero-order chi connectivity index (χ0) is 33.0. The number of carbonyl (C=O) groups is 2. The van der Waals surface area contributed by atoms with Crippen LogP contribution in [-0.2, 0) is 22.4 Å². The minimum absolute atomic E-state index is 0.295. The van der Waals surface area contributed by atoms with Gasteiger partial charge in [-0.1, -0.05) is 111 Å². The van der Waals surface area contributed by atoms with Crippen LogP contribution in [0.5, 0.6) is 23.0 Å². The Morgan fingerprint density at radius 2 is 0.875 bits per heavy atom. The summed E-state index contributed by atoms with van der Waals surface area (Å²) < 4.78 is 24.2. The molecule has 0 unspecified atom stereocenters. The van der Waals surface area contributed by atoms with Gasteiger partial charge in [-0.15, -0.1) is 0 Å². The number of esters is 2. The van der Waals surface area contributed by atoms with E-state index in [1.54, 1.807) is 12.1 Å². The Morgan fingerprint density at radius 1 is 0.458 bits per heavy atom. The molecule has 6 heteroatoms. The van der Waals surface area contributed by atoms with E-state index in [1.807, 2.05) is 97.1 Å². The van der Waals surface area contributed by atoms with Crippen molar-refractivity contribution in [3.8, 4) is 23.0 Å². The van der Waals surface area contributed by atoms with Crippen LogP contribution in [0.15, 0.2) is 121 Å². The maximum Gasteiger partial charge on any atom is 0.349 e. The van der Waals surface area contributed by atoms with Crippen LogP contribution in [0.1, 0.15) is 25.0 Å². The number of rotatable bonds is 10. The molecule has 7 aromatic rings. The van der Waals surface area contributed by atoms with Gasteiger partial charge in [0.25, 0.3) is 0 Å². The average molecular weight is 635 g/mol. The van der Waals surface area contributed by atoms with Gasteiger partial charge in [-0.2, -0.15) is 0 Å². The molecule has 0 heterocycles. The summed E-state index contributed by atoms with van der Waals surface area (Å²) in [5, 5.41) is 6.76. The molecule has 0 bridgehead atoms. The minimum Gasteiger partial charge on any atom is -0.481 e. The summed E-state index contributed by atoms with van der Waals surface area (Å²) in [6.45, 7) is 3.57. The summed E-state index contributed by atoms with van der Waals surface area (Å²) in [6, 6.07) is 38.9. The second-order valence-electron chi connectivity index (χ2n) is 11.6. The van der Waals surface area contributed by atoms with Crippen molar-refractivity contribution >= 4 is 55.0 Å². The highest BCUT2D eigenvalue weighted by molar-refractivity contribution is 6.11. The summed E-state index contributed by atoms with van der Waals surface area (Å²) in [5.74, 6) is 1.05. The van der Waals surface area contributed by atoms with Crippen molar-refractivity contribution in [2.75, 3.05) is 13.2 Å². The Morgan fingerprint density at radius 3 is 1.31 bits per heavy atom. The molecule has 0 fully saturated rings. The van der Waals surface area contributed by atoms with Gasteiger partial charge in [-0.05, 0) is 59.0 Å². The molecule has 7 rings (SSSR count). The van der Waals surface area contributed by atoms with Gasteiger partial charge in [0, 0.05) is 32.3 Å². The third kappa shape index (κ3) is 6.13. The molecule has 7 aromatic carbocycles. The van der Waals surface area contributed by atoms with Crippen molar-refractivity contribution in [3.05, 3.63) is 132 Å². The zero-order valence-electron chi connectivity index (χ0n) is 26.8. The fraction of sp³-hybridized carbons (Fsp3) is 0.143. The van der Waals surface area contributed by atoms with Gasteiger partial charge in [0.1, 0.15) is 23.0 Å². The van der Waals surface area contributed by atoms with Crippen LogP contribution < -0.4 is 18.9 Å². The first-order chi connectivity index (χ1) is 23.5. The normalized spacial score (nSPS) is 11.2. The molecule has 48 heavy (non-hydrogen) atoms. The lowest BCUT2D eigenvalue weighted by Crippen LogP contribution is -2.19. The zero-order valence-corrected chi connectivity index (χ0v) is 26.8. The predicted molar refractivity (Wildman–Crippen MR) is 190 cm³/mol. The molecule has 6 nitrogen and oxygen atoms in total. The topological polar surface area (TPSA) is 71.1 Å². The van der Waals surface area contributed by atoms with Crippen molar-refractivity contribution in [2.24, 2.45) is 0 Å². The maximum atomic E-state index is 13.2. The van der Waals surface area contributed by atoms with E-state index in [0.717, 1.165) is 67.1 Å². The van der Waals surface area contributed by atoms with E-state index in [2.05, 4.69) is 26.0 Å². The SMILES string of the molecule is CCc1ccc2c(OCC(=O)Oc3cccc4ccccc34)c3cc(CC)ccc3c(OCC(=O)Oc3cccc4ccccc34)c2c1. The van der Waals surface area contributed by atoms with Crippen LogP contribution in [0.4, 0.5) is 0 Å². The third-order valence-electron chi connectivity index (χ3n) is 8.58. The van der Waals surface area contributed by atoms with Gasteiger partial charge in [-0.3, -0.25) is 0 Å². The summed E-state index contributed by atoms with van der Waals surface area (Å²) in [6.07, 6.45) is 1.61. The summed E-state index contributed by atoms with van der Waals surface area (Å²) in [4.78, 5) is 26.4. The lowest BCUT2D eigenvalue weighted by molar-refractivity contribution is -0.137. The first-order valence-electron chi connectivity index (χ1n) is 16.2. The Bertz CT molecular complexity index is 2150. The second kappa shape index (κ2) is 13.5. The molecule has 0 aromatic heterocycles. The van der Waals surface area contributed by atoms with Gasteiger partial charge >= 0.3 is 11.9 Å². The van der Waals surface area contributed by atoms with E-state index < -0.39 is 11.9 Å². The molecule has 0 spiro atoms. The summed E-state index contributed by atoms with van der Waals surface area (Å²) in [5.41, 5.74) is 2.19. The Labute approximate surface area is 278 Å². The van der Waals surface area contributed by atoms with E-state index in [-0.39, 0.29) is 13.2 Å². The predicted octanol–water partition coefficient (Wildman–Crippen LogP) is 9.39. The molecule has 0 aliphatic rings. The van der Waals surface area contributed by atoms with E-state index in [0.29, 0.717) is 23.0 Å². The molecule has 0 atom stereocenters. The number of hydrogen-bond donors (Lipinski definition) is 0. The Balaban J connectivity index is 1.22. The molecular weight excluding hydrogens is 600 g/mol. The monoisotopic (exact) mass is 634 g/mol. The summed E-state index contributed by atoms with van der Waals surface area (Å²) >= 11 is 0. The Hall–Kier alpha value is -5.88. The number of carbonyl (C=O) groups excluding carboxylic acids is 2. The first kappa shape index (κ1) is 30.8. The van der Waals surface area contributed by atoms with E-state index in [4.69, 9.17) is 18.9 Å². The average Bonchev–Trinajstić information content (AvgIpc) is 3.12. The lowest BCUT2D eigenvalue weighted by Gasteiger charge is -2.19. The summed E-state index contributed by atoms with van der Waals surface area (Å²) in [7, 11) is 0. The molecule has 238 valence electrons. The Kier molecular flexibility index (Phi) is 8.63. The smallest absolute Gasteiger partial charge is 0.349 e. The van der Waals surface area contributed by atoms with Crippen LogP contribution in [-0.4, -0.2) is 25.2 Å². The fourth-order valence-corrected chi connectivity index (χ4v) is 6.13. The van der Waals surface area contributed by atoms with E-state index in [1.165, 1.54) is 0 Å². The highest BCUT2D eigenvalue weighted by Gasteiger charge is 2.20. The molecule has 0 aliphatic carbocycles. The number of fused-ring (bicyclic) bond motifs is 4. The van der Waals surface area contributed by atoms with Gasteiger partial charge in [0.2, 0.25) is 0 Å². The first-order valence-corrected chi connectivity index (χ1v) is 16.2. The number of ether oxygens (including phenoxy) is 4. The van der Waals surface area contributed by atoms with Crippen molar-refractivity contribution in [1.82, 2.24) is 0 Å². The van der Waals surface area contributed by atoms with Gasteiger partial charge in [-0.25, -0.2) is 9.59 Å². The second-order valence-corrected chi connectivity index (χ2v) is 11.6. The van der Waals surface area contributed by atoms with E-state index in [9.17, 15) is 9.59 Å². The van der Waals surface area contributed by atoms with Gasteiger partial charge < -0.3 is 18.9 Å². The van der Waals surface area contributed by atoms with Crippen LogP contribution in [0.3, 0.4) is 0 Å². The fourth-order valence-electron chi connectivity index (χ4n) is 6.13. The minimum atomic E-state index is -0.513. The molecule has 0 radical (unpaired) electrons. The molecule has 0 amide bonds. The van der Waals surface area contributed by atoms with Crippen LogP contribution >= 0.6 is 0 Å². The molecular formula is C42H34O6.